The molecule has 1 aromatic heterocycles. The highest BCUT2D eigenvalue weighted by Gasteiger charge is 2.08. The summed E-state index contributed by atoms with van der Waals surface area (Å²) in [5, 5.41) is 3.43. The Bertz CT molecular complexity index is 999. The van der Waals surface area contributed by atoms with Crippen molar-refractivity contribution in [1.29, 1.82) is 0 Å². The molecular formula is C20H18F2N2O2. The largest absolute Gasteiger partial charge is 0.356 e. The predicted octanol–water partition coefficient (Wildman–Crippen LogP) is 3.10. The molecule has 0 aliphatic heterocycles. The fourth-order valence-electron chi connectivity index (χ4n) is 2.78. The van der Waals surface area contributed by atoms with Crippen LogP contribution >= 0.6 is 0 Å². The number of rotatable bonds is 6. The maximum Gasteiger partial charge on any atom is 0.251 e. The first-order valence-corrected chi connectivity index (χ1v) is 8.34. The maximum absolute atomic E-state index is 13.5. The van der Waals surface area contributed by atoms with E-state index in [1.54, 1.807) is 30.3 Å². The lowest BCUT2D eigenvalue weighted by molar-refractivity contribution is -0.121. The molecule has 1 heterocycles. The number of pyridine rings is 1. The molecule has 6 heteroatoms. The molecule has 0 atom stereocenters. The number of benzene rings is 2. The molecule has 0 saturated carbocycles. The predicted molar refractivity (Wildman–Crippen MR) is 96.0 cm³/mol. The highest BCUT2D eigenvalue weighted by molar-refractivity contribution is 5.79. The van der Waals surface area contributed by atoms with Crippen molar-refractivity contribution in [1.82, 2.24) is 10.3 Å². The van der Waals surface area contributed by atoms with Gasteiger partial charge in [-0.1, -0.05) is 18.2 Å². The van der Waals surface area contributed by atoms with Crippen LogP contribution in [0.2, 0.25) is 0 Å². The lowest BCUT2D eigenvalue weighted by Crippen LogP contribution is -2.26. The van der Waals surface area contributed by atoms with Crippen LogP contribution in [0.4, 0.5) is 8.78 Å². The zero-order valence-electron chi connectivity index (χ0n) is 14.0. The minimum Gasteiger partial charge on any atom is -0.356 e. The van der Waals surface area contributed by atoms with E-state index in [4.69, 9.17) is 0 Å². The van der Waals surface area contributed by atoms with E-state index in [1.807, 2.05) is 0 Å². The van der Waals surface area contributed by atoms with E-state index in [-0.39, 0.29) is 30.1 Å². The van der Waals surface area contributed by atoms with Crippen molar-refractivity contribution < 1.29 is 13.6 Å². The van der Waals surface area contributed by atoms with Crippen LogP contribution < -0.4 is 10.9 Å². The van der Waals surface area contributed by atoms with E-state index in [0.717, 1.165) is 0 Å². The van der Waals surface area contributed by atoms with Crippen LogP contribution in [0.1, 0.15) is 17.5 Å². The molecule has 0 fully saturated rings. The Kier molecular flexibility index (Phi) is 5.41. The lowest BCUT2D eigenvalue weighted by Gasteiger charge is -2.07. The summed E-state index contributed by atoms with van der Waals surface area (Å²) in [6.45, 7) is 0.327. The fourth-order valence-corrected chi connectivity index (χ4v) is 2.78. The summed E-state index contributed by atoms with van der Waals surface area (Å²) in [6.07, 6.45) is 0.821. The molecule has 0 radical (unpaired) electrons. The number of aromatic nitrogens is 1. The molecule has 0 bridgehead atoms. The summed E-state index contributed by atoms with van der Waals surface area (Å²) in [5.41, 5.74) is 1.11. The summed E-state index contributed by atoms with van der Waals surface area (Å²) < 4.78 is 26.7. The van der Waals surface area contributed by atoms with Gasteiger partial charge in [-0.15, -0.1) is 0 Å². The van der Waals surface area contributed by atoms with E-state index in [9.17, 15) is 18.4 Å². The Balaban J connectivity index is 1.55. The summed E-state index contributed by atoms with van der Waals surface area (Å²) in [4.78, 5) is 26.6. The van der Waals surface area contributed by atoms with Gasteiger partial charge in [-0.05, 0) is 54.1 Å². The molecule has 0 unspecified atom stereocenters. The van der Waals surface area contributed by atoms with E-state index in [0.29, 0.717) is 35.0 Å². The number of amides is 1. The Hall–Kier alpha value is -3.02. The van der Waals surface area contributed by atoms with Crippen LogP contribution in [0.25, 0.3) is 10.9 Å². The number of hydrogen-bond acceptors (Lipinski definition) is 2. The summed E-state index contributed by atoms with van der Waals surface area (Å²) in [6, 6.07) is 12.3. The average molecular weight is 356 g/mol. The van der Waals surface area contributed by atoms with E-state index in [1.165, 1.54) is 18.2 Å². The van der Waals surface area contributed by atoms with Gasteiger partial charge in [0.15, 0.2) is 0 Å². The smallest absolute Gasteiger partial charge is 0.251 e. The van der Waals surface area contributed by atoms with Gasteiger partial charge < -0.3 is 10.3 Å². The van der Waals surface area contributed by atoms with Crippen molar-refractivity contribution in [3.05, 3.63) is 81.6 Å². The van der Waals surface area contributed by atoms with Crippen LogP contribution in [-0.4, -0.2) is 17.4 Å². The second-order valence-corrected chi connectivity index (χ2v) is 6.05. The summed E-state index contributed by atoms with van der Waals surface area (Å²) >= 11 is 0. The van der Waals surface area contributed by atoms with Crippen LogP contribution in [0.3, 0.4) is 0 Å². The number of fused-ring (bicyclic) bond motifs is 1. The van der Waals surface area contributed by atoms with Gasteiger partial charge in [-0.2, -0.15) is 0 Å². The van der Waals surface area contributed by atoms with Crippen molar-refractivity contribution in [2.75, 3.05) is 6.54 Å². The van der Waals surface area contributed by atoms with Crippen molar-refractivity contribution in [2.45, 2.75) is 19.3 Å². The van der Waals surface area contributed by atoms with Crippen LogP contribution in [0.5, 0.6) is 0 Å². The van der Waals surface area contributed by atoms with Crippen LogP contribution in [-0.2, 0) is 17.6 Å². The van der Waals surface area contributed by atoms with Gasteiger partial charge in [0.2, 0.25) is 5.91 Å². The molecule has 4 nitrogen and oxygen atoms in total. The third-order valence-electron chi connectivity index (χ3n) is 4.18. The van der Waals surface area contributed by atoms with E-state index in [2.05, 4.69) is 10.3 Å². The third-order valence-corrected chi connectivity index (χ3v) is 4.18. The Morgan fingerprint density at radius 3 is 2.62 bits per heavy atom. The molecule has 0 saturated heterocycles. The molecule has 26 heavy (non-hydrogen) atoms. The number of aryl methyl sites for hydroxylation is 1. The van der Waals surface area contributed by atoms with Gasteiger partial charge in [0, 0.05) is 18.5 Å². The van der Waals surface area contributed by atoms with Crippen molar-refractivity contribution in [3.63, 3.8) is 0 Å². The van der Waals surface area contributed by atoms with Crippen molar-refractivity contribution in [3.8, 4) is 0 Å². The SMILES string of the molecule is O=C(CCc1cc2ccc(F)cc2[nH]c1=O)NCCc1ccccc1F. The highest BCUT2D eigenvalue weighted by Crippen LogP contribution is 2.13. The molecule has 0 aliphatic carbocycles. The Morgan fingerprint density at radius 1 is 1.00 bits per heavy atom. The average Bonchev–Trinajstić information content (AvgIpc) is 2.61. The fraction of sp³-hybridized carbons (Fsp3) is 0.200. The second-order valence-electron chi connectivity index (χ2n) is 6.05. The minimum absolute atomic E-state index is 0.146. The summed E-state index contributed by atoms with van der Waals surface area (Å²) in [5.74, 6) is -0.920. The molecule has 0 spiro atoms. The number of halogens is 2. The quantitative estimate of drug-likeness (QED) is 0.713. The Morgan fingerprint density at radius 2 is 1.81 bits per heavy atom. The van der Waals surface area contributed by atoms with Crippen molar-refractivity contribution in [2.24, 2.45) is 0 Å². The third kappa shape index (κ3) is 4.33. The monoisotopic (exact) mass is 356 g/mol. The topological polar surface area (TPSA) is 62.0 Å². The van der Waals surface area contributed by atoms with Gasteiger partial charge in [-0.25, -0.2) is 8.78 Å². The molecule has 0 aliphatic rings. The first kappa shape index (κ1) is 17.8. The maximum atomic E-state index is 13.5. The first-order valence-electron chi connectivity index (χ1n) is 8.34. The van der Waals surface area contributed by atoms with Crippen LogP contribution in [0, 0.1) is 11.6 Å². The second kappa shape index (κ2) is 7.91. The molecule has 3 aromatic rings. The number of H-pyrrole nitrogens is 1. The molecule has 3 rings (SSSR count). The highest BCUT2D eigenvalue weighted by atomic mass is 19.1. The van der Waals surface area contributed by atoms with Crippen molar-refractivity contribution >= 4 is 16.8 Å². The van der Waals surface area contributed by atoms with Gasteiger partial charge in [0.1, 0.15) is 11.6 Å². The lowest BCUT2D eigenvalue weighted by atomic mass is 10.1. The summed E-state index contributed by atoms with van der Waals surface area (Å²) in [7, 11) is 0. The standard InChI is InChI=1S/C20H18F2N2O2/c21-16-7-5-14-11-15(20(26)24-18(14)12-16)6-8-19(25)23-10-9-13-3-1-2-4-17(13)22/h1-5,7,11-12H,6,8-10H2,(H,23,25)(H,24,26). The van der Waals surface area contributed by atoms with Gasteiger partial charge in [-0.3, -0.25) is 9.59 Å². The first-order chi connectivity index (χ1) is 12.5. The number of nitrogens with one attached hydrogen (secondary N) is 2. The molecule has 134 valence electrons. The minimum atomic E-state index is -0.421. The molecular weight excluding hydrogens is 338 g/mol. The molecule has 1 amide bonds. The normalized spacial score (nSPS) is 10.8. The zero-order valence-corrected chi connectivity index (χ0v) is 14.0. The van der Waals surface area contributed by atoms with Gasteiger partial charge in [0.25, 0.3) is 5.56 Å². The van der Waals surface area contributed by atoms with E-state index < -0.39 is 5.82 Å². The van der Waals surface area contributed by atoms with Gasteiger partial charge in [0.05, 0.1) is 5.52 Å². The Labute approximate surface area is 148 Å². The number of aromatic amines is 1. The van der Waals surface area contributed by atoms with Gasteiger partial charge >= 0.3 is 0 Å². The van der Waals surface area contributed by atoms with E-state index >= 15 is 0 Å². The number of carbonyl (C=O) groups excluding carboxylic acids is 1. The molecule has 2 aromatic carbocycles. The number of hydrogen-bond donors (Lipinski definition) is 2. The zero-order chi connectivity index (χ0) is 18.5. The number of carbonyl (C=O) groups is 1. The van der Waals surface area contributed by atoms with Crippen LogP contribution in [0.15, 0.2) is 53.3 Å². The molecule has 2 N–H and O–H groups in total.